The molecule has 0 radical (unpaired) electrons. The molecule has 1 atom stereocenters. The van der Waals surface area contributed by atoms with E-state index in [4.69, 9.17) is 5.11 Å². The van der Waals surface area contributed by atoms with Crippen molar-refractivity contribution in [3.63, 3.8) is 0 Å². The smallest absolute Gasteiger partial charge is 0.337 e. The minimum Gasteiger partial charge on any atom is -0.478 e. The standard InChI is InChI=1S/C11H12FN3O2/c12-8-5-13-7-15(6-8)14-10-4-2-1-3-9(10)11(16)17/h1-5,8,14H,6-7H2,(H,16,17). The molecule has 6 heteroatoms. The molecule has 1 aliphatic rings. The van der Waals surface area contributed by atoms with Crippen molar-refractivity contribution in [1.82, 2.24) is 5.01 Å². The highest BCUT2D eigenvalue weighted by Gasteiger charge is 2.17. The predicted octanol–water partition coefficient (Wildman–Crippen LogP) is 1.39. The number of para-hydroxylation sites is 1. The molecule has 1 aromatic carbocycles. The fourth-order valence-electron chi connectivity index (χ4n) is 1.59. The van der Waals surface area contributed by atoms with Gasteiger partial charge in [0.15, 0.2) is 0 Å². The van der Waals surface area contributed by atoms with E-state index in [-0.39, 0.29) is 12.1 Å². The lowest BCUT2D eigenvalue weighted by atomic mass is 10.2. The number of halogens is 1. The number of anilines is 1. The number of hydrazine groups is 1. The molecule has 0 aliphatic carbocycles. The molecule has 0 spiro atoms. The number of hydrogen-bond donors (Lipinski definition) is 2. The summed E-state index contributed by atoms with van der Waals surface area (Å²) >= 11 is 0. The molecule has 2 N–H and O–H groups in total. The molecule has 1 heterocycles. The van der Waals surface area contributed by atoms with Gasteiger partial charge in [0.25, 0.3) is 0 Å². The number of alkyl halides is 1. The summed E-state index contributed by atoms with van der Waals surface area (Å²) in [5.74, 6) is -1.02. The van der Waals surface area contributed by atoms with Gasteiger partial charge in [-0.1, -0.05) is 12.1 Å². The van der Waals surface area contributed by atoms with E-state index in [1.165, 1.54) is 17.3 Å². The van der Waals surface area contributed by atoms with Crippen molar-refractivity contribution in [3.05, 3.63) is 29.8 Å². The Balaban J connectivity index is 2.13. The molecule has 0 saturated carbocycles. The lowest BCUT2D eigenvalue weighted by Crippen LogP contribution is -2.39. The van der Waals surface area contributed by atoms with E-state index in [0.717, 1.165) is 0 Å². The second-order valence-electron chi connectivity index (χ2n) is 3.67. The van der Waals surface area contributed by atoms with Crippen LogP contribution in [-0.4, -0.2) is 41.7 Å². The highest BCUT2D eigenvalue weighted by atomic mass is 19.1. The Hall–Kier alpha value is -1.95. The summed E-state index contributed by atoms with van der Waals surface area (Å²) in [6, 6.07) is 6.48. The topological polar surface area (TPSA) is 64.9 Å². The Kier molecular flexibility index (Phi) is 3.34. The number of nitrogens with zero attached hydrogens (tertiary/aromatic N) is 2. The van der Waals surface area contributed by atoms with Crippen LogP contribution in [0.3, 0.4) is 0 Å². The zero-order chi connectivity index (χ0) is 12.3. The van der Waals surface area contributed by atoms with Gasteiger partial charge < -0.3 is 10.5 Å². The van der Waals surface area contributed by atoms with Crippen LogP contribution in [0.2, 0.25) is 0 Å². The van der Waals surface area contributed by atoms with Crippen LogP contribution in [0.1, 0.15) is 10.4 Å². The van der Waals surface area contributed by atoms with Crippen molar-refractivity contribution in [2.24, 2.45) is 4.99 Å². The molecule has 1 unspecified atom stereocenters. The average Bonchev–Trinajstić information content (AvgIpc) is 2.29. The van der Waals surface area contributed by atoms with Gasteiger partial charge in [-0.3, -0.25) is 4.99 Å². The number of carbonyl (C=O) groups is 1. The number of rotatable bonds is 3. The Morgan fingerprint density at radius 2 is 2.29 bits per heavy atom. The van der Waals surface area contributed by atoms with Crippen molar-refractivity contribution >= 4 is 17.9 Å². The minimum atomic E-state index is -1.13. The van der Waals surface area contributed by atoms with Crippen LogP contribution in [-0.2, 0) is 0 Å². The van der Waals surface area contributed by atoms with Gasteiger partial charge in [0.05, 0.1) is 17.8 Å². The lowest BCUT2D eigenvalue weighted by molar-refractivity contribution is 0.0697. The molecule has 0 amide bonds. The van der Waals surface area contributed by atoms with E-state index >= 15 is 0 Å². The molecule has 1 aliphatic heterocycles. The van der Waals surface area contributed by atoms with Crippen molar-refractivity contribution in [1.29, 1.82) is 0 Å². The van der Waals surface area contributed by atoms with E-state index in [1.807, 2.05) is 0 Å². The van der Waals surface area contributed by atoms with Gasteiger partial charge in [0.2, 0.25) is 0 Å². The molecule has 2 rings (SSSR count). The average molecular weight is 237 g/mol. The van der Waals surface area contributed by atoms with Crippen molar-refractivity contribution in [3.8, 4) is 0 Å². The van der Waals surface area contributed by atoms with Crippen LogP contribution < -0.4 is 5.43 Å². The lowest BCUT2D eigenvalue weighted by Gasteiger charge is -2.26. The number of benzene rings is 1. The Morgan fingerprint density at radius 3 is 3.00 bits per heavy atom. The van der Waals surface area contributed by atoms with Crippen molar-refractivity contribution < 1.29 is 14.3 Å². The van der Waals surface area contributed by atoms with Gasteiger partial charge >= 0.3 is 5.97 Å². The van der Waals surface area contributed by atoms with Crippen LogP contribution >= 0.6 is 0 Å². The number of carboxylic acids is 1. The summed E-state index contributed by atoms with van der Waals surface area (Å²) in [6.07, 6.45) is 0.120. The van der Waals surface area contributed by atoms with Crippen LogP contribution in [0.15, 0.2) is 29.3 Å². The highest BCUT2D eigenvalue weighted by Crippen LogP contribution is 2.16. The normalized spacial score (nSPS) is 20.2. The van der Waals surface area contributed by atoms with Gasteiger partial charge in [-0.05, 0) is 12.1 Å². The Bertz CT molecular complexity index is 450. The Labute approximate surface area is 97.5 Å². The molecule has 0 fully saturated rings. The zero-order valence-corrected chi connectivity index (χ0v) is 9.01. The van der Waals surface area contributed by atoms with Crippen molar-refractivity contribution in [2.45, 2.75) is 6.17 Å². The number of aromatic carboxylic acids is 1. The van der Waals surface area contributed by atoms with Gasteiger partial charge in [-0.2, -0.15) is 5.01 Å². The van der Waals surface area contributed by atoms with Crippen LogP contribution in [0.4, 0.5) is 10.1 Å². The van der Waals surface area contributed by atoms with Crippen molar-refractivity contribution in [2.75, 3.05) is 18.6 Å². The fourth-order valence-corrected chi connectivity index (χ4v) is 1.59. The summed E-state index contributed by atoms with van der Waals surface area (Å²) in [4.78, 5) is 14.8. The summed E-state index contributed by atoms with van der Waals surface area (Å²) in [7, 11) is 0. The maximum atomic E-state index is 13.0. The summed E-state index contributed by atoms with van der Waals surface area (Å²) < 4.78 is 13.0. The first kappa shape index (κ1) is 11.5. The Morgan fingerprint density at radius 1 is 1.53 bits per heavy atom. The SMILES string of the molecule is O=C(O)c1ccccc1NN1CN=CC(F)C1. The van der Waals surface area contributed by atoms with E-state index in [2.05, 4.69) is 10.4 Å². The monoisotopic (exact) mass is 237 g/mol. The predicted molar refractivity (Wildman–Crippen MR) is 62.0 cm³/mol. The first-order chi connectivity index (χ1) is 8.16. The third kappa shape index (κ3) is 2.79. The quantitative estimate of drug-likeness (QED) is 0.833. The molecule has 17 heavy (non-hydrogen) atoms. The number of carboxylic acid groups (broad SMARTS) is 1. The zero-order valence-electron chi connectivity index (χ0n) is 9.01. The molecular weight excluding hydrogens is 225 g/mol. The van der Waals surface area contributed by atoms with E-state index in [0.29, 0.717) is 12.4 Å². The molecule has 5 nitrogen and oxygen atoms in total. The third-order valence-electron chi connectivity index (χ3n) is 2.35. The van der Waals surface area contributed by atoms with E-state index < -0.39 is 12.1 Å². The first-order valence-corrected chi connectivity index (χ1v) is 5.15. The van der Waals surface area contributed by atoms with Gasteiger partial charge in [-0.15, -0.1) is 0 Å². The molecular formula is C11H12FN3O2. The maximum Gasteiger partial charge on any atom is 0.337 e. The van der Waals surface area contributed by atoms with Gasteiger partial charge in [0, 0.05) is 6.21 Å². The first-order valence-electron chi connectivity index (χ1n) is 5.15. The number of nitrogens with one attached hydrogen (secondary N) is 1. The van der Waals surface area contributed by atoms with Crippen LogP contribution in [0.5, 0.6) is 0 Å². The number of hydrogen-bond acceptors (Lipinski definition) is 4. The molecule has 0 aromatic heterocycles. The molecule has 0 saturated heterocycles. The van der Waals surface area contributed by atoms with Gasteiger partial charge in [-0.25, -0.2) is 9.18 Å². The second-order valence-corrected chi connectivity index (χ2v) is 3.67. The van der Waals surface area contributed by atoms with Crippen LogP contribution in [0.25, 0.3) is 0 Å². The van der Waals surface area contributed by atoms with E-state index in [9.17, 15) is 9.18 Å². The third-order valence-corrected chi connectivity index (χ3v) is 2.35. The number of aliphatic imine (C=N–C) groups is 1. The van der Waals surface area contributed by atoms with E-state index in [1.54, 1.807) is 18.2 Å². The maximum absolute atomic E-state index is 13.0. The largest absolute Gasteiger partial charge is 0.478 e. The van der Waals surface area contributed by atoms with Crippen LogP contribution in [0, 0.1) is 0 Å². The van der Waals surface area contributed by atoms with Gasteiger partial charge in [0.1, 0.15) is 12.8 Å². The summed E-state index contributed by atoms with van der Waals surface area (Å²) in [5, 5.41) is 10.5. The highest BCUT2D eigenvalue weighted by molar-refractivity contribution is 5.94. The fraction of sp³-hybridized carbons (Fsp3) is 0.273. The summed E-state index contributed by atoms with van der Waals surface area (Å²) in [5.41, 5.74) is 3.44. The molecule has 1 aromatic rings. The molecule has 90 valence electrons. The minimum absolute atomic E-state index is 0.150. The molecule has 0 bridgehead atoms. The second kappa shape index (κ2) is 4.92. The summed E-state index contributed by atoms with van der Waals surface area (Å²) in [6.45, 7) is 0.450.